The van der Waals surface area contributed by atoms with Gasteiger partial charge in [-0.1, -0.05) is 6.92 Å². The van der Waals surface area contributed by atoms with Gasteiger partial charge in [0.15, 0.2) is 0 Å². The van der Waals surface area contributed by atoms with Crippen LogP contribution in [-0.4, -0.2) is 37.0 Å². The molecule has 0 spiro atoms. The molecule has 0 aliphatic carbocycles. The van der Waals surface area contributed by atoms with E-state index in [1.54, 1.807) is 0 Å². The molecule has 1 saturated heterocycles. The molecule has 0 radical (unpaired) electrons. The number of rotatable bonds is 2. The first kappa shape index (κ1) is 7.98. The number of hydrogen-bond donors (Lipinski definition) is 2. The number of likely N-dealkylation sites (N-methyl/N-ethyl adjacent to an activating group) is 1. The SMILES string of the molecule is CCNC1COCCC1O. The van der Waals surface area contributed by atoms with Gasteiger partial charge in [-0.3, -0.25) is 0 Å². The fraction of sp³-hybridized carbons (Fsp3) is 1.00. The van der Waals surface area contributed by atoms with Crippen molar-refractivity contribution in [3.63, 3.8) is 0 Å². The Morgan fingerprint density at radius 1 is 1.70 bits per heavy atom. The van der Waals surface area contributed by atoms with E-state index >= 15 is 0 Å². The van der Waals surface area contributed by atoms with E-state index in [1.165, 1.54) is 0 Å². The summed E-state index contributed by atoms with van der Waals surface area (Å²) in [6.07, 6.45) is 0.547. The Kier molecular flexibility index (Phi) is 3.12. The molecule has 2 atom stereocenters. The van der Waals surface area contributed by atoms with Crippen molar-refractivity contribution in [1.29, 1.82) is 0 Å². The molecule has 1 aliphatic rings. The van der Waals surface area contributed by atoms with Crippen LogP contribution in [0, 0.1) is 0 Å². The van der Waals surface area contributed by atoms with Crippen molar-refractivity contribution in [2.24, 2.45) is 0 Å². The van der Waals surface area contributed by atoms with Crippen LogP contribution in [0.2, 0.25) is 0 Å². The summed E-state index contributed by atoms with van der Waals surface area (Å²) in [5.41, 5.74) is 0. The lowest BCUT2D eigenvalue weighted by molar-refractivity contribution is -0.0148. The Morgan fingerprint density at radius 2 is 2.50 bits per heavy atom. The standard InChI is InChI=1S/C7H15NO2/c1-2-8-6-5-10-4-3-7(6)9/h6-9H,2-5H2,1H3. The molecule has 2 unspecified atom stereocenters. The molecule has 0 aromatic carbocycles. The van der Waals surface area contributed by atoms with Crippen molar-refractivity contribution in [2.45, 2.75) is 25.5 Å². The van der Waals surface area contributed by atoms with E-state index in [0.717, 1.165) is 13.0 Å². The first-order chi connectivity index (χ1) is 4.84. The van der Waals surface area contributed by atoms with Crippen LogP contribution in [0.25, 0.3) is 0 Å². The smallest absolute Gasteiger partial charge is 0.0737 e. The molecule has 1 heterocycles. The summed E-state index contributed by atoms with van der Waals surface area (Å²) in [7, 11) is 0. The Hall–Kier alpha value is -0.120. The predicted octanol–water partition coefficient (Wildman–Crippen LogP) is -0.254. The van der Waals surface area contributed by atoms with Gasteiger partial charge in [-0.15, -0.1) is 0 Å². The molecule has 0 aromatic heterocycles. The van der Waals surface area contributed by atoms with E-state index in [0.29, 0.717) is 13.2 Å². The van der Waals surface area contributed by atoms with Gasteiger partial charge in [0, 0.05) is 6.61 Å². The van der Waals surface area contributed by atoms with Crippen molar-refractivity contribution in [3.8, 4) is 0 Å². The summed E-state index contributed by atoms with van der Waals surface area (Å²) < 4.78 is 5.18. The van der Waals surface area contributed by atoms with E-state index in [9.17, 15) is 5.11 Å². The number of ether oxygens (including phenoxy) is 1. The number of hydrogen-bond acceptors (Lipinski definition) is 3. The maximum absolute atomic E-state index is 9.36. The number of aliphatic hydroxyl groups is 1. The van der Waals surface area contributed by atoms with Crippen LogP contribution >= 0.6 is 0 Å². The second-order valence-electron chi connectivity index (χ2n) is 2.60. The molecule has 60 valence electrons. The van der Waals surface area contributed by atoms with Gasteiger partial charge in [0.25, 0.3) is 0 Å². The molecule has 0 saturated carbocycles. The fourth-order valence-electron chi connectivity index (χ4n) is 1.18. The molecular weight excluding hydrogens is 130 g/mol. The van der Waals surface area contributed by atoms with Crippen LogP contribution in [0.5, 0.6) is 0 Å². The zero-order chi connectivity index (χ0) is 7.40. The van der Waals surface area contributed by atoms with Crippen LogP contribution in [0.1, 0.15) is 13.3 Å². The Morgan fingerprint density at radius 3 is 3.10 bits per heavy atom. The zero-order valence-corrected chi connectivity index (χ0v) is 6.34. The van der Waals surface area contributed by atoms with E-state index < -0.39 is 0 Å². The van der Waals surface area contributed by atoms with Gasteiger partial charge in [0.05, 0.1) is 18.8 Å². The van der Waals surface area contributed by atoms with Gasteiger partial charge in [0.2, 0.25) is 0 Å². The molecule has 0 aromatic rings. The first-order valence-corrected chi connectivity index (χ1v) is 3.83. The molecule has 2 N–H and O–H groups in total. The molecule has 0 amide bonds. The normalized spacial score (nSPS) is 34.2. The molecule has 3 nitrogen and oxygen atoms in total. The summed E-state index contributed by atoms with van der Waals surface area (Å²) in [6, 6.07) is 0.152. The molecular formula is C7H15NO2. The van der Waals surface area contributed by atoms with Crippen molar-refractivity contribution in [2.75, 3.05) is 19.8 Å². The summed E-state index contributed by atoms with van der Waals surface area (Å²) in [6.45, 7) is 4.27. The van der Waals surface area contributed by atoms with Crippen LogP contribution in [0.4, 0.5) is 0 Å². The summed E-state index contributed by atoms with van der Waals surface area (Å²) in [4.78, 5) is 0. The lowest BCUT2D eigenvalue weighted by Gasteiger charge is -2.27. The van der Waals surface area contributed by atoms with Crippen LogP contribution in [0.3, 0.4) is 0 Å². The van der Waals surface area contributed by atoms with Crippen LogP contribution in [0.15, 0.2) is 0 Å². The van der Waals surface area contributed by atoms with Crippen LogP contribution in [-0.2, 0) is 4.74 Å². The molecule has 3 heteroatoms. The molecule has 1 rings (SSSR count). The predicted molar refractivity (Wildman–Crippen MR) is 38.9 cm³/mol. The average Bonchev–Trinajstić information content (AvgIpc) is 1.94. The summed E-state index contributed by atoms with van der Waals surface area (Å²) in [5.74, 6) is 0. The highest BCUT2D eigenvalue weighted by atomic mass is 16.5. The van der Waals surface area contributed by atoms with E-state index in [2.05, 4.69) is 5.32 Å². The third kappa shape index (κ3) is 1.94. The molecule has 1 fully saturated rings. The minimum Gasteiger partial charge on any atom is -0.391 e. The lowest BCUT2D eigenvalue weighted by atomic mass is 10.1. The van der Waals surface area contributed by atoms with E-state index in [4.69, 9.17) is 4.74 Å². The second kappa shape index (κ2) is 3.91. The Labute approximate surface area is 61.4 Å². The monoisotopic (exact) mass is 145 g/mol. The van der Waals surface area contributed by atoms with Gasteiger partial charge >= 0.3 is 0 Å². The number of aliphatic hydroxyl groups excluding tert-OH is 1. The topological polar surface area (TPSA) is 41.5 Å². The highest BCUT2D eigenvalue weighted by molar-refractivity contribution is 4.77. The molecule has 10 heavy (non-hydrogen) atoms. The quantitative estimate of drug-likeness (QED) is 0.563. The average molecular weight is 145 g/mol. The van der Waals surface area contributed by atoms with Gasteiger partial charge < -0.3 is 15.2 Å². The summed E-state index contributed by atoms with van der Waals surface area (Å²) in [5, 5.41) is 12.5. The number of nitrogens with one attached hydrogen (secondary N) is 1. The minimum atomic E-state index is -0.214. The highest BCUT2D eigenvalue weighted by Gasteiger charge is 2.21. The molecule has 0 bridgehead atoms. The third-order valence-electron chi connectivity index (χ3n) is 1.79. The second-order valence-corrected chi connectivity index (χ2v) is 2.60. The van der Waals surface area contributed by atoms with Crippen molar-refractivity contribution in [1.82, 2.24) is 5.32 Å². The fourth-order valence-corrected chi connectivity index (χ4v) is 1.18. The van der Waals surface area contributed by atoms with Gasteiger partial charge in [-0.2, -0.15) is 0 Å². The highest BCUT2D eigenvalue weighted by Crippen LogP contribution is 2.06. The minimum absolute atomic E-state index is 0.152. The van der Waals surface area contributed by atoms with Crippen LogP contribution < -0.4 is 5.32 Å². The maximum Gasteiger partial charge on any atom is 0.0737 e. The van der Waals surface area contributed by atoms with Crippen molar-refractivity contribution < 1.29 is 9.84 Å². The molecule has 1 aliphatic heterocycles. The Bertz CT molecular complexity index is 95.6. The van der Waals surface area contributed by atoms with Gasteiger partial charge in [0.1, 0.15) is 0 Å². The largest absolute Gasteiger partial charge is 0.391 e. The first-order valence-electron chi connectivity index (χ1n) is 3.83. The van der Waals surface area contributed by atoms with Crippen molar-refractivity contribution >= 4 is 0 Å². The lowest BCUT2D eigenvalue weighted by Crippen LogP contribution is -2.46. The Balaban J connectivity index is 2.25. The van der Waals surface area contributed by atoms with Crippen molar-refractivity contribution in [3.05, 3.63) is 0 Å². The van der Waals surface area contributed by atoms with Gasteiger partial charge in [-0.05, 0) is 13.0 Å². The van der Waals surface area contributed by atoms with Gasteiger partial charge in [-0.25, -0.2) is 0 Å². The summed E-state index contributed by atoms with van der Waals surface area (Å²) >= 11 is 0. The van der Waals surface area contributed by atoms with E-state index in [-0.39, 0.29) is 12.1 Å². The van der Waals surface area contributed by atoms with E-state index in [1.807, 2.05) is 6.92 Å². The zero-order valence-electron chi connectivity index (χ0n) is 6.34. The maximum atomic E-state index is 9.36. The third-order valence-corrected chi connectivity index (χ3v) is 1.79.